The van der Waals surface area contributed by atoms with Crippen LogP contribution in [0.1, 0.15) is 78.3 Å². The lowest BCUT2D eigenvalue weighted by Gasteiger charge is -2.24. The van der Waals surface area contributed by atoms with Gasteiger partial charge in [-0.25, -0.2) is 14.2 Å². The van der Waals surface area contributed by atoms with E-state index < -0.39 is 11.0 Å². The van der Waals surface area contributed by atoms with Crippen molar-refractivity contribution in [3.8, 4) is 5.75 Å². The number of thioether (sulfide) groups is 1. The average Bonchev–Trinajstić information content (AvgIpc) is 3.03. The zero-order chi connectivity index (χ0) is 29.9. The van der Waals surface area contributed by atoms with E-state index in [-0.39, 0.29) is 5.25 Å². The molecule has 3 N–H and O–H groups in total. The highest BCUT2D eigenvalue weighted by Gasteiger charge is 2.21. The van der Waals surface area contributed by atoms with Gasteiger partial charge in [0.2, 0.25) is 5.95 Å². The fourth-order valence-electron chi connectivity index (χ4n) is 5.32. The Morgan fingerprint density at radius 2 is 1.79 bits per heavy atom. The Morgan fingerprint density at radius 1 is 1.02 bits per heavy atom. The van der Waals surface area contributed by atoms with Crippen molar-refractivity contribution in [3.05, 3.63) is 71.6 Å². The lowest BCUT2D eigenvalue weighted by Crippen LogP contribution is -2.38. The van der Waals surface area contributed by atoms with E-state index in [2.05, 4.69) is 26.9 Å². The van der Waals surface area contributed by atoms with Crippen LogP contribution in [-0.4, -0.2) is 38.6 Å². The first-order valence-corrected chi connectivity index (χ1v) is 17.2. The van der Waals surface area contributed by atoms with Crippen molar-refractivity contribution in [1.29, 1.82) is 0 Å². The monoisotopic (exact) mass is 607 g/mol. The number of rotatable bonds is 10. The van der Waals surface area contributed by atoms with E-state index in [4.69, 9.17) is 9.72 Å². The molecular weight excluding hydrogens is 563 g/mol. The van der Waals surface area contributed by atoms with Crippen molar-refractivity contribution in [3.63, 3.8) is 0 Å². The maximum Gasteiger partial charge on any atom is 0.223 e. The number of anilines is 2. The molecule has 1 aliphatic carbocycles. The van der Waals surface area contributed by atoms with Gasteiger partial charge in [-0.1, -0.05) is 75.7 Å². The van der Waals surface area contributed by atoms with Gasteiger partial charge < -0.3 is 20.1 Å². The van der Waals surface area contributed by atoms with Crippen molar-refractivity contribution < 1.29 is 8.95 Å². The predicted octanol–water partition coefficient (Wildman–Crippen LogP) is 8.26. The van der Waals surface area contributed by atoms with E-state index in [1.54, 1.807) is 18.0 Å². The minimum absolute atomic E-state index is 0.206. The molecule has 2 aliphatic rings. The number of hydrogen-bond donors (Lipinski definition) is 3. The Hall–Kier alpha value is -2.88. The number of allylic oxidation sites excluding steroid dienone is 2. The van der Waals surface area contributed by atoms with Crippen molar-refractivity contribution >= 4 is 50.1 Å². The zero-order valence-corrected chi connectivity index (χ0v) is 27.0. The van der Waals surface area contributed by atoms with E-state index in [0.717, 1.165) is 95.1 Å². The normalized spacial score (nSPS) is 18.7. The predicted molar refractivity (Wildman–Crippen MR) is 181 cm³/mol. The third-order valence-corrected chi connectivity index (χ3v) is 9.87. The topological polar surface area (TPSA) is 88.2 Å². The van der Waals surface area contributed by atoms with Crippen LogP contribution in [0.4, 0.5) is 11.6 Å². The summed E-state index contributed by atoms with van der Waals surface area (Å²) >= 11 is 1.54. The van der Waals surface area contributed by atoms with Crippen LogP contribution in [0.25, 0.3) is 15.7 Å². The summed E-state index contributed by atoms with van der Waals surface area (Å²) in [5.74, 6) is 2.09. The van der Waals surface area contributed by atoms with Gasteiger partial charge in [0.15, 0.2) is 0 Å². The summed E-state index contributed by atoms with van der Waals surface area (Å²) < 4.78 is 23.0. The number of benzene rings is 2. The summed E-state index contributed by atoms with van der Waals surface area (Å²) in [5, 5.41) is 9.05. The standard InChI is InChI=1S/C31H39N5O2S2.C2H6/c1-21(2)39-30(28-17-19-33-31(35-28)34-23-10-9-18-32-20-23)22(3)38-29-16-15-27(25-13-7-8-14-26(25)29)36-40(37)24-11-5-4-6-12-24;1-2/h7-8,13-17,19,23-24,32,36H,1,4-6,9-12,18,20H2,2-3H3,(H,33,34,35);1-2H3/b30-22+;. The van der Waals surface area contributed by atoms with Gasteiger partial charge in [-0.3, -0.25) is 0 Å². The van der Waals surface area contributed by atoms with E-state index in [0.29, 0.717) is 12.0 Å². The molecule has 1 saturated heterocycles. The average molecular weight is 608 g/mol. The third-order valence-electron chi connectivity index (χ3n) is 7.33. The molecule has 1 saturated carbocycles. The maximum absolute atomic E-state index is 13.1. The summed E-state index contributed by atoms with van der Waals surface area (Å²) in [6.07, 6.45) is 9.61. The summed E-state index contributed by atoms with van der Waals surface area (Å²) in [4.78, 5) is 11.1. The highest BCUT2D eigenvalue weighted by atomic mass is 32.2. The van der Waals surface area contributed by atoms with E-state index in [1.807, 2.05) is 70.2 Å². The number of ether oxygens (including phenoxy) is 1. The highest BCUT2D eigenvalue weighted by Crippen LogP contribution is 2.38. The molecule has 7 nitrogen and oxygen atoms in total. The van der Waals surface area contributed by atoms with Gasteiger partial charge in [0.05, 0.1) is 21.5 Å². The summed E-state index contributed by atoms with van der Waals surface area (Å²) in [6.45, 7) is 14.0. The molecule has 0 spiro atoms. The zero-order valence-electron chi connectivity index (χ0n) is 25.4. The summed E-state index contributed by atoms with van der Waals surface area (Å²) in [6, 6.07) is 14.3. The van der Waals surface area contributed by atoms with Crippen molar-refractivity contribution in [2.24, 2.45) is 0 Å². The molecule has 1 aromatic heterocycles. The largest absolute Gasteiger partial charge is 0.460 e. The second-order valence-electron chi connectivity index (χ2n) is 10.6. The fraction of sp³-hybridized carbons (Fsp3) is 0.455. The van der Waals surface area contributed by atoms with E-state index in [1.165, 1.54) is 6.42 Å². The van der Waals surface area contributed by atoms with Gasteiger partial charge in [-0.15, -0.1) is 0 Å². The summed E-state index contributed by atoms with van der Waals surface area (Å²) in [5.41, 5.74) is 1.66. The first-order valence-electron chi connectivity index (χ1n) is 15.2. The van der Waals surface area contributed by atoms with Gasteiger partial charge >= 0.3 is 0 Å². The van der Waals surface area contributed by atoms with Crippen LogP contribution in [-0.2, 0) is 11.0 Å². The Balaban J connectivity index is 0.00000198. The number of nitrogens with zero attached hydrogens (tertiary/aromatic N) is 2. The lowest BCUT2D eigenvalue weighted by atomic mass is 10.0. The van der Waals surface area contributed by atoms with Crippen molar-refractivity contribution in [2.75, 3.05) is 23.1 Å². The van der Waals surface area contributed by atoms with Crippen molar-refractivity contribution in [1.82, 2.24) is 15.3 Å². The van der Waals surface area contributed by atoms with Crippen LogP contribution < -0.4 is 20.1 Å². The molecule has 226 valence electrons. The molecule has 2 heterocycles. The molecule has 0 bridgehead atoms. The minimum atomic E-state index is -1.11. The van der Waals surface area contributed by atoms with Crippen molar-refractivity contribution in [2.45, 2.75) is 83.9 Å². The SMILES string of the molecule is C=C(C)S/C(=C(\C)Oc1ccc(NS(=O)C2CCCCC2)c2ccccc12)c1ccnc(NC2CCCNC2)n1.CC. The third kappa shape index (κ3) is 8.58. The number of hydrogen-bond acceptors (Lipinski definition) is 7. The number of aromatic nitrogens is 2. The lowest BCUT2D eigenvalue weighted by molar-refractivity contribution is 0.437. The Labute approximate surface area is 258 Å². The molecular formula is C33H45N5O2S2. The molecule has 1 aliphatic heterocycles. The Bertz CT molecular complexity index is 1400. The molecule has 2 fully saturated rings. The summed E-state index contributed by atoms with van der Waals surface area (Å²) in [7, 11) is -1.11. The molecule has 2 unspecified atom stereocenters. The quantitative estimate of drug-likeness (QED) is 0.200. The van der Waals surface area contributed by atoms with E-state index in [9.17, 15) is 4.21 Å². The van der Waals surface area contributed by atoms with Gasteiger partial charge in [-0.2, -0.15) is 0 Å². The molecule has 9 heteroatoms. The van der Waals surface area contributed by atoms with Gasteiger partial charge in [0, 0.05) is 29.6 Å². The smallest absolute Gasteiger partial charge is 0.223 e. The highest BCUT2D eigenvalue weighted by molar-refractivity contribution is 8.11. The van der Waals surface area contributed by atoms with E-state index >= 15 is 0 Å². The van der Waals surface area contributed by atoms with Gasteiger partial charge in [-0.05, 0) is 69.2 Å². The minimum Gasteiger partial charge on any atom is -0.460 e. The van der Waals surface area contributed by atoms with Crippen LogP contribution in [0, 0.1) is 0 Å². The first-order chi connectivity index (χ1) is 20.5. The molecule has 0 radical (unpaired) electrons. The molecule has 5 rings (SSSR count). The molecule has 2 atom stereocenters. The Morgan fingerprint density at radius 3 is 2.50 bits per heavy atom. The molecule has 0 amide bonds. The molecule has 2 aromatic carbocycles. The van der Waals surface area contributed by atoms with Gasteiger partial charge in [0.1, 0.15) is 22.5 Å². The van der Waals surface area contributed by atoms with Crippen LogP contribution in [0.5, 0.6) is 5.75 Å². The second kappa shape index (κ2) is 16.1. The van der Waals surface area contributed by atoms with Crippen LogP contribution in [0.2, 0.25) is 0 Å². The molecule has 3 aromatic rings. The van der Waals surface area contributed by atoms with Crippen LogP contribution >= 0.6 is 11.8 Å². The molecule has 42 heavy (non-hydrogen) atoms. The second-order valence-corrected chi connectivity index (χ2v) is 13.3. The first kappa shape index (κ1) is 32.0. The van der Waals surface area contributed by atoms with Gasteiger partial charge in [0.25, 0.3) is 0 Å². The maximum atomic E-state index is 13.1. The van der Waals surface area contributed by atoms with Crippen LogP contribution in [0.15, 0.2) is 65.9 Å². The number of piperidine rings is 1. The van der Waals surface area contributed by atoms with Crippen LogP contribution in [0.3, 0.4) is 0 Å². The number of nitrogens with one attached hydrogen (secondary N) is 3. The Kier molecular flexibility index (Phi) is 12.3. The number of fused-ring (bicyclic) bond motifs is 1. The fourth-order valence-corrected chi connectivity index (χ4v) is 7.40.